The molecule has 0 bridgehead atoms. The fourth-order valence-corrected chi connectivity index (χ4v) is 8.81. The third kappa shape index (κ3) is 9.73. The summed E-state index contributed by atoms with van der Waals surface area (Å²) in [5, 5.41) is 22.0. The summed E-state index contributed by atoms with van der Waals surface area (Å²) in [7, 11) is 0. The predicted octanol–water partition coefficient (Wildman–Crippen LogP) is 4.90. The third-order valence-corrected chi connectivity index (χ3v) is 12.0. The summed E-state index contributed by atoms with van der Waals surface area (Å²) in [5.74, 6) is -0.0583. The molecule has 0 radical (unpaired) electrons. The number of nitrogens with zero attached hydrogens (tertiary/aromatic N) is 5. The zero-order chi connectivity index (χ0) is 40.9. The van der Waals surface area contributed by atoms with Gasteiger partial charge in [0.25, 0.3) is 5.91 Å². The Kier molecular flexibility index (Phi) is 14.3. The van der Waals surface area contributed by atoms with Crippen molar-refractivity contribution in [3.63, 3.8) is 0 Å². The van der Waals surface area contributed by atoms with Gasteiger partial charge in [-0.2, -0.15) is 0 Å². The summed E-state index contributed by atoms with van der Waals surface area (Å²) in [4.78, 5) is 70.8. The quantitative estimate of drug-likeness (QED) is 0.0897. The Hall–Kier alpha value is -5.00. The van der Waals surface area contributed by atoms with Gasteiger partial charge in [0.2, 0.25) is 23.6 Å². The molecule has 15 nitrogen and oxygen atoms in total. The number of nitrogens with one attached hydrogen (secondary N) is 4. The van der Waals surface area contributed by atoms with E-state index in [0.29, 0.717) is 73.4 Å². The SMILES string of the molecule is Cc1sc2c(c1C)C(c1ccc(Cl)cc1)=N[C@@H](CC(=O)NCCOCCNCCCCC(=O)Nc1cccc3c1CN(C1CCC(=O)NC1=O)C3=O)c1nnc(C)n1-2.Cl. The van der Waals surface area contributed by atoms with Gasteiger partial charge in [-0.1, -0.05) is 29.8 Å². The summed E-state index contributed by atoms with van der Waals surface area (Å²) in [5.41, 5.74) is 5.53. The summed E-state index contributed by atoms with van der Waals surface area (Å²) in [6.45, 7) is 8.77. The maximum Gasteiger partial charge on any atom is 0.255 e. The van der Waals surface area contributed by atoms with Crippen LogP contribution in [0.1, 0.15) is 93.7 Å². The number of fused-ring (bicyclic) bond motifs is 4. The molecule has 2 aromatic carbocycles. The van der Waals surface area contributed by atoms with Crippen molar-refractivity contribution in [2.75, 3.05) is 38.2 Å². The number of rotatable bonds is 16. The first-order valence-corrected chi connectivity index (χ1v) is 20.7. The van der Waals surface area contributed by atoms with E-state index in [2.05, 4.69) is 45.3 Å². The van der Waals surface area contributed by atoms with Crippen molar-refractivity contribution in [1.82, 2.24) is 35.6 Å². The number of benzene rings is 2. The molecule has 312 valence electrons. The normalized spacial score (nSPS) is 17.0. The summed E-state index contributed by atoms with van der Waals surface area (Å²) < 4.78 is 7.76. The highest BCUT2D eigenvalue weighted by Gasteiger charge is 2.40. The van der Waals surface area contributed by atoms with Crippen LogP contribution in [-0.2, 0) is 30.5 Å². The number of ether oxygens (including phenoxy) is 1. The highest BCUT2D eigenvalue weighted by molar-refractivity contribution is 7.15. The van der Waals surface area contributed by atoms with Gasteiger partial charge in [-0.3, -0.25) is 38.8 Å². The van der Waals surface area contributed by atoms with E-state index in [4.69, 9.17) is 21.3 Å². The van der Waals surface area contributed by atoms with Crippen LogP contribution in [0.5, 0.6) is 0 Å². The van der Waals surface area contributed by atoms with Crippen molar-refractivity contribution in [2.24, 2.45) is 4.99 Å². The number of carbonyl (C=O) groups is 5. The Labute approximate surface area is 357 Å². The lowest BCUT2D eigenvalue weighted by atomic mass is 9.99. The number of anilines is 1. The molecule has 4 N–H and O–H groups in total. The topological polar surface area (TPSA) is 189 Å². The van der Waals surface area contributed by atoms with Gasteiger partial charge in [-0.25, -0.2) is 0 Å². The second-order valence-corrected chi connectivity index (χ2v) is 16.2. The van der Waals surface area contributed by atoms with Gasteiger partial charge >= 0.3 is 0 Å². The third-order valence-electron chi connectivity index (χ3n) is 10.6. The Balaban J connectivity index is 0.00000585. The van der Waals surface area contributed by atoms with E-state index in [1.807, 2.05) is 35.8 Å². The number of hydrogen-bond donors (Lipinski definition) is 4. The standard InChI is InChI=1S/C41H46ClN9O6S.ClH/c1-23-24(2)58-41-36(23)37(26-10-12-27(42)13-11-26)46-31(38-49-48-25(3)51(38)41)21-35(54)44-18-20-57-19-17-43-16-5-4-9-33(52)45-30-8-6-7-28-29(30)22-50(40(28)56)32-14-15-34(53)47-39(32)55;/h6-8,10-13,31-32,43H,4-5,9,14-22H2,1-3H3,(H,44,54)(H,45,52)(H,47,53,55);1H/t31-,32?;/m0./s1. The van der Waals surface area contributed by atoms with Crippen LogP contribution in [0.15, 0.2) is 47.5 Å². The second kappa shape index (κ2) is 19.4. The van der Waals surface area contributed by atoms with Gasteiger partial charge in [-0.05, 0) is 76.4 Å². The molecule has 5 amide bonds. The van der Waals surface area contributed by atoms with Crippen molar-refractivity contribution in [2.45, 2.75) is 77.9 Å². The molecule has 4 aromatic rings. The molecule has 2 aromatic heterocycles. The summed E-state index contributed by atoms with van der Waals surface area (Å²) >= 11 is 7.88. The average Bonchev–Trinajstić information content (AvgIpc) is 3.81. The minimum absolute atomic E-state index is 0. The number of hydrogen-bond acceptors (Lipinski definition) is 11. The Bertz CT molecular complexity index is 2270. The van der Waals surface area contributed by atoms with Gasteiger partial charge in [0.1, 0.15) is 22.9 Å². The number of imide groups is 1. The van der Waals surface area contributed by atoms with E-state index in [9.17, 15) is 24.0 Å². The molecular weight excluding hydrogens is 817 g/mol. The lowest BCUT2D eigenvalue weighted by Crippen LogP contribution is -2.52. The van der Waals surface area contributed by atoms with Crippen molar-refractivity contribution >= 4 is 76.3 Å². The number of unbranched alkanes of at least 4 members (excludes halogenated alkanes) is 1. The van der Waals surface area contributed by atoms with Gasteiger partial charge in [-0.15, -0.1) is 33.9 Å². The predicted molar refractivity (Wildman–Crippen MR) is 227 cm³/mol. The van der Waals surface area contributed by atoms with Crippen molar-refractivity contribution in [3.05, 3.63) is 91.8 Å². The number of aliphatic imine (C=N–C) groups is 1. The number of aryl methyl sites for hydroxylation is 2. The summed E-state index contributed by atoms with van der Waals surface area (Å²) in [6, 6.07) is 11.5. The van der Waals surface area contributed by atoms with Gasteiger partial charge in [0.15, 0.2) is 5.82 Å². The molecule has 5 heterocycles. The molecule has 3 aliphatic rings. The molecule has 0 aliphatic carbocycles. The molecule has 18 heteroatoms. The second-order valence-electron chi connectivity index (χ2n) is 14.6. The highest BCUT2D eigenvalue weighted by atomic mass is 35.5. The number of aromatic nitrogens is 3. The van der Waals surface area contributed by atoms with E-state index in [0.717, 1.165) is 39.6 Å². The van der Waals surface area contributed by atoms with Crippen LogP contribution < -0.4 is 21.3 Å². The maximum atomic E-state index is 13.2. The molecule has 2 atom stereocenters. The first-order valence-electron chi connectivity index (χ1n) is 19.5. The van der Waals surface area contributed by atoms with E-state index >= 15 is 0 Å². The first kappa shape index (κ1) is 43.6. The minimum atomic E-state index is -0.715. The van der Waals surface area contributed by atoms with Crippen molar-refractivity contribution < 1.29 is 28.7 Å². The molecule has 3 aliphatic heterocycles. The number of halogens is 2. The van der Waals surface area contributed by atoms with Gasteiger partial charge < -0.3 is 25.6 Å². The highest BCUT2D eigenvalue weighted by Crippen LogP contribution is 2.40. The van der Waals surface area contributed by atoms with Gasteiger partial charge in [0.05, 0.1) is 25.3 Å². The van der Waals surface area contributed by atoms with Crippen LogP contribution in [0, 0.1) is 20.8 Å². The Morgan fingerprint density at radius 3 is 2.54 bits per heavy atom. The average molecular weight is 865 g/mol. The monoisotopic (exact) mass is 863 g/mol. The lowest BCUT2D eigenvalue weighted by Gasteiger charge is -2.29. The molecule has 1 saturated heterocycles. The fourth-order valence-electron chi connectivity index (χ4n) is 7.47. The molecule has 7 rings (SSSR count). The van der Waals surface area contributed by atoms with E-state index in [1.54, 1.807) is 29.5 Å². The van der Waals surface area contributed by atoms with E-state index < -0.39 is 18.0 Å². The smallest absolute Gasteiger partial charge is 0.255 e. The van der Waals surface area contributed by atoms with Crippen LogP contribution in [0.3, 0.4) is 0 Å². The number of piperidine rings is 1. The first-order chi connectivity index (χ1) is 28.0. The van der Waals surface area contributed by atoms with E-state index in [1.165, 1.54) is 9.78 Å². The van der Waals surface area contributed by atoms with Crippen LogP contribution in [0.4, 0.5) is 5.69 Å². The summed E-state index contributed by atoms with van der Waals surface area (Å²) in [6.07, 6.45) is 2.31. The molecule has 1 unspecified atom stereocenters. The van der Waals surface area contributed by atoms with Gasteiger partial charge in [0, 0.05) is 70.3 Å². The van der Waals surface area contributed by atoms with E-state index in [-0.39, 0.29) is 61.8 Å². The minimum Gasteiger partial charge on any atom is -0.378 e. The van der Waals surface area contributed by atoms with Crippen LogP contribution in [-0.4, -0.2) is 93.8 Å². The largest absolute Gasteiger partial charge is 0.378 e. The van der Waals surface area contributed by atoms with Crippen molar-refractivity contribution in [3.8, 4) is 5.00 Å². The molecular formula is C41H47Cl2N9O6S. The molecule has 0 saturated carbocycles. The number of carbonyl (C=O) groups excluding carboxylic acids is 5. The number of amides is 5. The molecule has 0 spiro atoms. The molecule has 59 heavy (non-hydrogen) atoms. The van der Waals surface area contributed by atoms with Crippen LogP contribution in [0.2, 0.25) is 5.02 Å². The zero-order valence-electron chi connectivity index (χ0n) is 33.1. The Morgan fingerprint density at radius 1 is 0.983 bits per heavy atom. The number of thiophene rings is 1. The lowest BCUT2D eigenvalue weighted by molar-refractivity contribution is -0.137. The maximum absolute atomic E-state index is 13.2. The van der Waals surface area contributed by atoms with Crippen LogP contribution >= 0.6 is 35.3 Å². The Morgan fingerprint density at radius 2 is 1.76 bits per heavy atom. The zero-order valence-corrected chi connectivity index (χ0v) is 35.5. The molecule has 1 fully saturated rings. The van der Waals surface area contributed by atoms with Crippen molar-refractivity contribution in [1.29, 1.82) is 0 Å². The van der Waals surface area contributed by atoms with Crippen LogP contribution in [0.25, 0.3) is 5.00 Å². The fraction of sp³-hybridized carbons (Fsp3) is 0.415.